The summed E-state index contributed by atoms with van der Waals surface area (Å²) in [5, 5.41) is -1.76. The Morgan fingerprint density at radius 1 is 0.575 bits per heavy atom. The smallest absolute Gasteiger partial charge is 0.111 e. The number of rotatable bonds is 3. The van der Waals surface area contributed by atoms with E-state index in [1.807, 2.05) is 35.8 Å². The van der Waals surface area contributed by atoms with Crippen molar-refractivity contribution in [1.82, 2.24) is 9.55 Å². The molecule has 0 aliphatic rings. The Balaban J connectivity index is 1.64. The van der Waals surface area contributed by atoms with Crippen molar-refractivity contribution >= 4 is 43.4 Å². The third kappa shape index (κ3) is 3.40. The van der Waals surface area contributed by atoms with E-state index >= 15 is 0 Å². The standard InChI is InChI=1S/C38H26N2/c1-25-39-35-19-8-9-20-36(35)40(25)28-23-21-27(22-24-28)37-31-14-4-6-16-33(31)38(34-17-7-5-15-32(34)37)30-18-10-12-26-11-2-3-13-29(26)30/h2-24H,1H3/i2D,3D,4D,5D,6D,7D,10D,11D,12D,13D,14D,15D,16D,17D,18D. The lowest BCUT2D eigenvalue weighted by molar-refractivity contribution is 1.00. The van der Waals surface area contributed by atoms with Crippen LogP contribution in [-0.4, -0.2) is 9.55 Å². The molecule has 8 aromatic rings. The fourth-order valence-corrected chi connectivity index (χ4v) is 5.41. The molecule has 0 amide bonds. The minimum absolute atomic E-state index is 0.0347. The summed E-state index contributed by atoms with van der Waals surface area (Å²) in [6.07, 6.45) is 0. The molecule has 0 unspecified atom stereocenters. The van der Waals surface area contributed by atoms with Gasteiger partial charge in [0, 0.05) is 5.69 Å². The highest BCUT2D eigenvalue weighted by Crippen LogP contribution is 2.45. The average molecular weight is 526 g/mol. The van der Waals surface area contributed by atoms with Crippen LogP contribution in [0.25, 0.3) is 71.3 Å². The Hall–Kier alpha value is -5.21. The van der Waals surface area contributed by atoms with Gasteiger partial charge >= 0.3 is 0 Å². The predicted octanol–water partition coefficient (Wildman–Crippen LogP) is 10.1. The summed E-state index contributed by atoms with van der Waals surface area (Å²) in [4.78, 5) is 4.64. The van der Waals surface area contributed by atoms with Crippen molar-refractivity contribution in [1.29, 1.82) is 0 Å². The lowest BCUT2D eigenvalue weighted by atomic mass is 9.85. The normalized spacial score (nSPS) is 16.9. The molecule has 1 heterocycles. The van der Waals surface area contributed by atoms with Gasteiger partial charge in [-0.15, -0.1) is 0 Å². The van der Waals surface area contributed by atoms with Gasteiger partial charge in [-0.05, 0) is 85.8 Å². The summed E-state index contributed by atoms with van der Waals surface area (Å²) < 4.78 is 135. The second-order valence-electron chi connectivity index (χ2n) is 9.28. The summed E-state index contributed by atoms with van der Waals surface area (Å²) >= 11 is 0. The van der Waals surface area contributed by atoms with E-state index in [1.54, 1.807) is 24.3 Å². The van der Waals surface area contributed by atoms with Crippen LogP contribution in [0.15, 0.2) is 139 Å². The van der Waals surface area contributed by atoms with Gasteiger partial charge in [-0.25, -0.2) is 4.98 Å². The average Bonchev–Trinajstić information content (AvgIpc) is 3.52. The molecule has 0 aliphatic heterocycles. The molecule has 2 heteroatoms. The van der Waals surface area contributed by atoms with Crippen LogP contribution < -0.4 is 0 Å². The van der Waals surface area contributed by atoms with E-state index < -0.39 is 107 Å². The van der Waals surface area contributed by atoms with Crippen molar-refractivity contribution in [3.63, 3.8) is 0 Å². The summed E-state index contributed by atoms with van der Waals surface area (Å²) in [6.45, 7) is 1.85. The fourth-order valence-electron chi connectivity index (χ4n) is 5.41. The maximum absolute atomic E-state index is 9.26. The largest absolute Gasteiger partial charge is 0.297 e. The molecule has 40 heavy (non-hydrogen) atoms. The number of hydrogen-bond donors (Lipinski definition) is 0. The molecule has 1 aromatic heterocycles. The first-order chi connectivity index (χ1) is 26.0. The molecule has 0 aliphatic carbocycles. The topological polar surface area (TPSA) is 17.8 Å². The van der Waals surface area contributed by atoms with Gasteiger partial charge in [0.25, 0.3) is 0 Å². The minimum atomic E-state index is -0.752. The molecule has 2 nitrogen and oxygen atoms in total. The van der Waals surface area contributed by atoms with E-state index in [2.05, 4.69) is 4.98 Å². The number of hydrogen-bond acceptors (Lipinski definition) is 1. The molecule has 8 rings (SSSR count). The monoisotopic (exact) mass is 525 g/mol. The quantitative estimate of drug-likeness (QED) is 0.210. The zero-order valence-corrected chi connectivity index (χ0v) is 21.0. The van der Waals surface area contributed by atoms with Gasteiger partial charge < -0.3 is 0 Å². The maximum atomic E-state index is 9.26. The molecule has 7 aromatic carbocycles. The Morgan fingerprint density at radius 3 is 1.85 bits per heavy atom. The molecule has 0 N–H and O–H groups in total. The van der Waals surface area contributed by atoms with Crippen LogP contribution in [0.2, 0.25) is 0 Å². The zero-order chi connectivity index (χ0) is 39.7. The van der Waals surface area contributed by atoms with Crippen LogP contribution in [0.1, 0.15) is 26.4 Å². The third-order valence-electron chi connectivity index (χ3n) is 7.08. The molecule has 0 atom stereocenters. The van der Waals surface area contributed by atoms with Crippen LogP contribution >= 0.6 is 0 Å². The molecule has 0 saturated heterocycles. The van der Waals surface area contributed by atoms with Crippen molar-refractivity contribution in [3.8, 4) is 27.9 Å². The highest BCUT2D eigenvalue weighted by molar-refractivity contribution is 6.23. The molecule has 0 bridgehead atoms. The van der Waals surface area contributed by atoms with Gasteiger partial charge in [0.15, 0.2) is 0 Å². The number of aryl methyl sites for hydroxylation is 1. The third-order valence-corrected chi connectivity index (χ3v) is 7.08. The molecule has 0 radical (unpaired) electrons. The van der Waals surface area contributed by atoms with Crippen molar-refractivity contribution in [2.75, 3.05) is 0 Å². The number of aromatic nitrogens is 2. The first-order valence-electron chi connectivity index (χ1n) is 20.0. The molecular formula is C38H26N2. The molecular weight excluding hydrogens is 484 g/mol. The van der Waals surface area contributed by atoms with Crippen molar-refractivity contribution in [3.05, 3.63) is 145 Å². The molecule has 0 saturated carbocycles. The minimum Gasteiger partial charge on any atom is -0.297 e. The summed E-state index contributed by atoms with van der Waals surface area (Å²) in [7, 11) is 0. The van der Waals surface area contributed by atoms with Crippen molar-refractivity contribution in [2.24, 2.45) is 0 Å². The van der Waals surface area contributed by atoms with E-state index in [0.29, 0.717) is 17.1 Å². The van der Waals surface area contributed by atoms with Gasteiger partial charge in [-0.1, -0.05) is 115 Å². The number of fused-ring (bicyclic) bond motifs is 4. The summed E-state index contributed by atoms with van der Waals surface area (Å²) in [5.74, 6) is 0.696. The second-order valence-corrected chi connectivity index (χ2v) is 9.28. The molecule has 0 spiro atoms. The van der Waals surface area contributed by atoms with Crippen molar-refractivity contribution in [2.45, 2.75) is 6.92 Å². The number of nitrogens with zero attached hydrogens (tertiary/aromatic N) is 2. The SMILES string of the molecule is [2H]c1c([2H])c([2H])c2c(-c3c4c([2H])c([2H])c([2H])c([2H])c4c(-c4ccc(-n5c(C)nc6ccccc65)cc4)c4c([2H])c([2H])c([2H])c([2H])c34)c([2H])c([2H])c([2H])c2c1[2H]. The lowest BCUT2D eigenvalue weighted by Gasteiger charge is -2.19. The van der Waals surface area contributed by atoms with Gasteiger partial charge in [-0.3, -0.25) is 4.57 Å². The van der Waals surface area contributed by atoms with Crippen LogP contribution in [0.3, 0.4) is 0 Å². The number of benzene rings is 7. The van der Waals surface area contributed by atoms with Gasteiger partial charge in [0.05, 0.1) is 31.6 Å². The lowest BCUT2D eigenvalue weighted by Crippen LogP contribution is -1.97. The second kappa shape index (κ2) is 8.93. The van der Waals surface area contributed by atoms with Crippen LogP contribution in [-0.2, 0) is 0 Å². The first kappa shape index (κ1) is 12.3. The van der Waals surface area contributed by atoms with Gasteiger partial charge in [0.1, 0.15) is 5.82 Å². The number of imidazole rings is 1. The van der Waals surface area contributed by atoms with E-state index in [0.717, 1.165) is 11.0 Å². The van der Waals surface area contributed by atoms with Gasteiger partial charge in [-0.2, -0.15) is 0 Å². The van der Waals surface area contributed by atoms with Crippen molar-refractivity contribution < 1.29 is 20.6 Å². The van der Waals surface area contributed by atoms with Crippen LogP contribution in [0.4, 0.5) is 0 Å². The van der Waals surface area contributed by atoms with Crippen LogP contribution in [0, 0.1) is 6.92 Å². The maximum Gasteiger partial charge on any atom is 0.111 e. The van der Waals surface area contributed by atoms with E-state index in [9.17, 15) is 6.85 Å². The Bertz CT molecular complexity index is 2960. The summed E-state index contributed by atoms with van der Waals surface area (Å²) in [6, 6.07) is 4.29. The first-order valence-corrected chi connectivity index (χ1v) is 12.5. The van der Waals surface area contributed by atoms with E-state index in [4.69, 9.17) is 13.7 Å². The molecule has 0 fully saturated rings. The number of para-hydroxylation sites is 2. The predicted molar refractivity (Wildman–Crippen MR) is 169 cm³/mol. The summed E-state index contributed by atoms with van der Waals surface area (Å²) in [5.41, 5.74) is 1.87. The van der Waals surface area contributed by atoms with E-state index in [-0.39, 0.29) is 32.7 Å². The highest BCUT2D eigenvalue weighted by atomic mass is 15.1. The molecule has 188 valence electrons. The van der Waals surface area contributed by atoms with Crippen LogP contribution in [0.5, 0.6) is 0 Å². The fraction of sp³-hybridized carbons (Fsp3) is 0.0263. The Kier molecular flexibility index (Phi) is 2.75. The van der Waals surface area contributed by atoms with Gasteiger partial charge in [0.2, 0.25) is 0 Å². The zero-order valence-electron chi connectivity index (χ0n) is 36.0. The Morgan fingerprint density at radius 2 is 1.15 bits per heavy atom. The van der Waals surface area contributed by atoms with E-state index in [1.165, 1.54) is 0 Å². The highest BCUT2D eigenvalue weighted by Gasteiger charge is 2.18. The Labute approximate surface area is 253 Å².